The minimum Gasteiger partial charge on any atom is -0.455 e. The van der Waals surface area contributed by atoms with Crippen LogP contribution < -0.4 is 0 Å². The molecule has 0 unspecified atom stereocenters. The van der Waals surface area contributed by atoms with Crippen molar-refractivity contribution in [1.82, 2.24) is 15.0 Å². The van der Waals surface area contributed by atoms with Crippen LogP contribution >= 0.6 is 0 Å². The van der Waals surface area contributed by atoms with Crippen LogP contribution in [-0.2, 0) is 0 Å². The Balaban J connectivity index is 1.11. The Morgan fingerprint density at radius 1 is 0.291 bits per heavy atom. The first-order valence-electron chi connectivity index (χ1n) is 18.5. The van der Waals surface area contributed by atoms with Crippen molar-refractivity contribution in [3.8, 4) is 56.4 Å². The Morgan fingerprint density at radius 3 is 1.36 bits per heavy atom. The Morgan fingerprint density at radius 2 is 0.745 bits per heavy atom. The molecule has 0 amide bonds. The van der Waals surface area contributed by atoms with E-state index in [1.807, 2.05) is 72.8 Å². The Kier molecular flexibility index (Phi) is 7.14. The maximum absolute atomic E-state index is 6.70. The Hall–Kier alpha value is -7.43. The summed E-state index contributed by atoms with van der Waals surface area (Å²) in [6, 6.07) is 65.8. The van der Waals surface area contributed by atoms with E-state index in [1.54, 1.807) is 0 Å². The zero-order chi connectivity index (χ0) is 36.3. The van der Waals surface area contributed by atoms with Gasteiger partial charge in [-0.25, -0.2) is 15.0 Å². The summed E-state index contributed by atoms with van der Waals surface area (Å²) in [6.07, 6.45) is 0. The van der Waals surface area contributed by atoms with Gasteiger partial charge >= 0.3 is 0 Å². The van der Waals surface area contributed by atoms with E-state index < -0.39 is 0 Å². The van der Waals surface area contributed by atoms with Crippen molar-refractivity contribution >= 4 is 54.3 Å². The molecule has 4 heteroatoms. The van der Waals surface area contributed by atoms with Crippen molar-refractivity contribution in [1.29, 1.82) is 0 Å². The average molecular weight is 702 g/mol. The van der Waals surface area contributed by atoms with Crippen molar-refractivity contribution in [3.05, 3.63) is 188 Å². The molecule has 0 saturated heterocycles. The molecular formula is C51H31N3O. The third-order valence-corrected chi connectivity index (χ3v) is 10.7. The lowest BCUT2D eigenvalue weighted by molar-refractivity contribution is 0.670. The molecular weight excluding hydrogens is 671 g/mol. The van der Waals surface area contributed by atoms with E-state index in [2.05, 4.69) is 115 Å². The van der Waals surface area contributed by atoms with Gasteiger partial charge < -0.3 is 4.42 Å². The molecule has 0 bridgehead atoms. The van der Waals surface area contributed by atoms with Gasteiger partial charge in [0.2, 0.25) is 0 Å². The molecule has 0 atom stereocenters. The van der Waals surface area contributed by atoms with Gasteiger partial charge in [-0.3, -0.25) is 0 Å². The number of hydrogen-bond donors (Lipinski definition) is 0. The zero-order valence-electron chi connectivity index (χ0n) is 29.6. The maximum Gasteiger partial charge on any atom is 0.164 e. The SMILES string of the molecule is c1ccc(-c2nc(-c3ccccc3)nc(-c3ccc4c(oc5ccccc54)c3-c3ccc(-c4ccc5c6ccccc6c6ccccc6c5c4)cc3)n2)cc1. The molecule has 0 N–H and O–H groups in total. The molecule has 11 rings (SSSR count). The minimum absolute atomic E-state index is 0.586. The van der Waals surface area contributed by atoms with Crippen LogP contribution in [0.25, 0.3) is 111 Å². The largest absolute Gasteiger partial charge is 0.455 e. The molecule has 2 aromatic heterocycles. The minimum atomic E-state index is 0.586. The summed E-state index contributed by atoms with van der Waals surface area (Å²) in [7, 11) is 0. The lowest BCUT2D eigenvalue weighted by Crippen LogP contribution is -2.01. The molecule has 2 heterocycles. The first kappa shape index (κ1) is 31.1. The van der Waals surface area contributed by atoms with E-state index in [1.165, 1.54) is 37.9 Å². The quantitative estimate of drug-likeness (QED) is 0.168. The third kappa shape index (κ3) is 5.19. The van der Waals surface area contributed by atoms with Gasteiger partial charge in [0, 0.05) is 33.0 Å². The van der Waals surface area contributed by atoms with Crippen LogP contribution in [0.1, 0.15) is 0 Å². The first-order valence-corrected chi connectivity index (χ1v) is 18.5. The van der Waals surface area contributed by atoms with Gasteiger partial charge in [-0.15, -0.1) is 0 Å². The van der Waals surface area contributed by atoms with Crippen molar-refractivity contribution in [3.63, 3.8) is 0 Å². The number of furan rings is 1. The number of para-hydroxylation sites is 1. The fourth-order valence-corrected chi connectivity index (χ4v) is 8.11. The van der Waals surface area contributed by atoms with Gasteiger partial charge in [-0.2, -0.15) is 0 Å². The molecule has 0 aliphatic rings. The summed E-state index contributed by atoms with van der Waals surface area (Å²) in [6.45, 7) is 0. The molecule has 4 nitrogen and oxygen atoms in total. The van der Waals surface area contributed by atoms with Gasteiger partial charge in [0.1, 0.15) is 11.2 Å². The fourth-order valence-electron chi connectivity index (χ4n) is 8.11. The van der Waals surface area contributed by atoms with Crippen molar-refractivity contribution in [2.45, 2.75) is 0 Å². The molecule has 0 spiro atoms. The molecule has 0 saturated carbocycles. The second kappa shape index (κ2) is 12.6. The summed E-state index contributed by atoms with van der Waals surface area (Å²) < 4.78 is 6.70. The first-order chi connectivity index (χ1) is 27.3. The highest BCUT2D eigenvalue weighted by molar-refractivity contribution is 6.25. The number of fused-ring (bicyclic) bond motifs is 9. The van der Waals surface area contributed by atoms with Crippen LogP contribution in [0.5, 0.6) is 0 Å². The van der Waals surface area contributed by atoms with E-state index >= 15 is 0 Å². The van der Waals surface area contributed by atoms with Crippen LogP contribution in [-0.4, -0.2) is 15.0 Å². The molecule has 9 aromatic carbocycles. The maximum atomic E-state index is 6.70. The number of aromatic nitrogens is 3. The second-order valence-electron chi connectivity index (χ2n) is 13.9. The topological polar surface area (TPSA) is 51.8 Å². The van der Waals surface area contributed by atoms with Crippen molar-refractivity contribution < 1.29 is 4.42 Å². The predicted octanol–water partition coefficient (Wildman–Crippen LogP) is 13.6. The van der Waals surface area contributed by atoms with Crippen LogP contribution in [0.2, 0.25) is 0 Å². The van der Waals surface area contributed by atoms with Gasteiger partial charge in [-0.05, 0) is 73.3 Å². The van der Waals surface area contributed by atoms with Gasteiger partial charge in [0.25, 0.3) is 0 Å². The summed E-state index contributed by atoms with van der Waals surface area (Å²) in [4.78, 5) is 15.2. The van der Waals surface area contributed by atoms with Gasteiger partial charge in [0.05, 0.1) is 0 Å². The summed E-state index contributed by atoms with van der Waals surface area (Å²) in [5.41, 5.74) is 8.64. The van der Waals surface area contributed by atoms with Gasteiger partial charge in [0.15, 0.2) is 17.5 Å². The van der Waals surface area contributed by atoms with Gasteiger partial charge in [-0.1, -0.05) is 164 Å². The lowest BCUT2D eigenvalue weighted by Gasteiger charge is -2.14. The number of nitrogens with zero attached hydrogens (tertiary/aromatic N) is 3. The Labute approximate surface area is 317 Å². The lowest BCUT2D eigenvalue weighted by atomic mass is 9.91. The molecule has 11 aromatic rings. The molecule has 0 aliphatic heterocycles. The second-order valence-corrected chi connectivity index (χ2v) is 13.9. The zero-order valence-corrected chi connectivity index (χ0v) is 29.6. The number of rotatable bonds is 5. The molecule has 256 valence electrons. The van der Waals surface area contributed by atoms with E-state index in [0.29, 0.717) is 17.5 Å². The average Bonchev–Trinajstić information content (AvgIpc) is 3.65. The monoisotopic (exact) mass is 701 g/mol. The highest BCUT2D eigenvalue weighted by atomic mass is 16.3. The third-order valence-electron chi connectivity index (χ3n) is 10.7. The highest BCUT2D eigenvalue weighted by Gasteiger charge is 2.21. The smallest absolute Gasteiger partial charge is 0.164 e. The molecule has 55 heavy (non-hydrogen) atoms. The van der Waals surface area contributed by atoms with E-state index in [0.717, 1.165) is 55.3 Å². The van der Waals surface area contributed by atoms with Crippen molar-refractivity contribution in [2.75, 3.05) is 0 Å². The number of hydrogen-bond acceptors (Lipinski definition) is 4. The van der Waals surface area contributed by atoms with Crippen LogP contribution in [0, 0.1) is 0 Å². The van der Waals surface area contributed by atoms with E-state index in [4.69, 9.17) is 19.4 Å². The predicted molar refractivity (Wildman–Crippen MR) is 227 cm³/mol. The van der Waals surface area contributed by atoms with E-state index in [9.17, 15) is 0 Å². The highest BCUT2D eigenvalue weighted by Crippen LogP contribution is 2.43. The number of benzene rings is 9. The van der Waals surface area contributed by atoms with Crippen LogP contribution in [0.3, 0.4) is 0 Å². The summed E-state index contributed by atoms with van der Waals surface area (Å²) >= 11 is 0. The molecule has 0 fully saturated rings. The van der Waals surface area contributed by atoms with Crippen molar-refractivity contribution in [2.24, 2.45) is 0 Å². The Bertz CT molecular complexity index is 3150. The normalized spacial score (nSPS) is 11.6. The summed E-state index contributed by atoms with van der Waals surface area (Å²) in [5.74, 6) is 1.82. The van der Waals surface area contributed by atoms with Crippen LogP contribution in [0.15, 0.2) is 192 Å². The van der Waals surface area contributed by atoms with Crippen LogP contribution in [0.4, 0.5) is 0 Å². The van der Waals surface area contributed by atoms with E-state index in [-0.39, 0.29) is 0 Å². The fraction of sp³-hybridized carbons (Fsp3) is 0. The molecule has 0 radical (unpaired) electrons. The standard InChI is InChI=1S/C51H31N3O/c1-3-13-34(14-4-1)49-52-50(35-15-5-2-6-16-35)54-51(53-49)44-30-29-43-42-21-11-12-22-46(42)55-48(43)47(44)33-25-23-32(24-26-33)36-27-28-41-39-19-8-7-17-37(39)38-18-9-10-20-40(38)45(41)31-36/h1-31H. The summed E-state index contributed by atoms with van der Waals surface area (Å²) in [5, 5.41) is 9.72. The molecule has 0 aliphatic carbocycles.